The Morgan fingerprint density at radius 3 is 2.14 bits per heavy atom. The van der Waals surface area contributed by atoms with Crippen molar-refractivity contribution in [3.8, 4) is 11.5 Å². The number of hydrogen-bond acceptors (Lipinski definition) is 4. The molecule has 2 aromatic rings. The molecule has 0 aliphatic heterocycles. The topological polar surface area (TPSA) is 43.6 Å². The number of aryl methyl sites for hydroxylation is 2. The molecule has 0 spiro atoms. The molecule has 1 aromatic carbocycles. The molecule has 0 aliphatic rings. The molecule has 21 heavy (non-hydrogen) atoms. The first-order valence-corrected chi connectivity index (χ1v) is 6.67. The molecule has 0 radical (unpaired) electrons. The van der Waals surface area contributed by atoms with E-state index in [0.717, 1.165) is 17.1 Å². The normalized spacial score (nSPS) is 12.3. The standard InChI is InChI=1S/C16H20FNO3/c1-9-6-11(10(2)21-9)16(18-3)12-7-14(19-4)15(20-5)8-13(12)17/h6-8,16,18H,1-5H3. The summed E-state index contributed by atoms with van der Waals surface area (Å²) in [5, 5.41) is 3.12. The van der Waals surface area contributed by atoms with Gasteiger partial charge >= 0.3 is 0 Å². The SMILES string of the molecule is CNC(c1cc(OC)c(OC)cc1F)c1cc(C)oc1C. The first-order chi connectivity index (χ1) is 10.0. The number of hydrogen-bond donors (Lipinski definition) is 1. The number of rotatable bonds is 5. The van der Waals surface area contributed by atoms with Crippen LogP contribution in [0.25, 0.3) is 0 Å². The lowest BCUT2D eigenvalue weighted by molar-refractivity contribution is 0.351. The first-order valence-electron chi connectivity index (χ1n) is 6.67. The molecular weight excluding hydrogens is 273 g/mol. The monoisotopic (exact) mass is 293 g/mol. The smallest absolute Gasteiger partial charge is 0.163 e. The fourth-order valence-corrected chi connectivity index (χ4v) is 2.51. The number of furan rings is 1. The molecule has 0 bridgehead atoms. The Bertz CT molecular complexity index is 637. The summed E-state index contributed by atoms with van der Waals surface area (Å²) in [4.78, 5) is 0. The summed E-state index contributed by atoms with van der Waals surface area (Å²) in [7, 11) is 4.79. The van der Waals surface area contributed by atoms with Gasteiger partial charge < -0.3 is 19.2 Å². The lowest BCUT2D eigenvalue weighted by Gasteiger charge is -2.19. The molecule has 2 rings (SSSR count). The molecule has 0 amide bonds. The largest absolute Gasteiger partial charge is 0.493 e. The minimum absolute atomic E-state index is 0.317. The van der Waals surface area contributed by atoms with Crippen molar-refractivity contribution in [2.45, 2.75) is 19.9 Å². The molecule has 1 heterocycles. The summed E-state index contributed by atoms with van der Waals surface area (Å²) in [6.07, 6.45) is 0. The van der Waals surface area contributed by atoms with Gasteiger partial charge in [-0.25, -0.2) is 4.39 Å². The maximum absolute atomic E-state index is 14.4. The molecule has 1 atom stereocenters. The van der Waals surface area contributed by atoms with Crippen LogP contribution in [-0.4, -0.2) is 21.3 Å². The van der Waals surface area contributed by atoms with E-state index in [1.54, 1.807) is 13.1 Å². The van der Waals surface area contributed by atoms with E-state index in [4.69, 9.17) is 13.9 Å². The quantitative estimate of drug-likeness (QED) is 0.918. The van der Waals surface area contributed by atoms with Crippen LogP contribution in [0.4, 0.5) is 4.39 Å². The maximum Gasteiger partial charge on any atom is 0.163 e. The Kier molecular flexibility index (Phi) is 4.53. The van der Waals surface area contributed by atoms with Gasteiger partial charge in [0, 0.05) is 17.2 Å². The van der Waals surface area contributed by atoms with E-state index in [9.17, 15) is 4.39 Å². The van der Waals surface area contributed by atoms with Crippen LogP contribution < -0.4 is 14.8 Å². The second-order valence-electron chi connectivity index (χ2n) is 4.82. The van der Waals surface area contributed by atoms with Gasteiger partial charge in [0.05, 0.1) is 20.3 Å². The summed E-state index contributed by atoms with van der Waals surface area (Å²) >= 11 is 0. The highest BCUT2D eigenvalue weighted by atomic mass is 19.1. The molecule has 0 fully saturated rings. The van der Waals surface area contributed by atoms with Gasteiger partial charge in [-0.3, -0.25) is 0 Å². The van der Waals surface area contributed by atoms with Crippen molar-refractivity contribution in [3.63, 3.8) is 0 Å². The van der Waals surface area contributed by atoms with Crippen LogP contribution in [0.3, 0.4) is 0 Å². The number of halogens is 1. The average molecular weight is 293 g/mol. The van der Waals surface area contributed by atoms with Gasteiger partial charge in [0.1, 0.15) is 17.3 Å². The molecule has 0 saturated heterocycles. The van der Waals surface area contributed by atoms with Crippen molar-refractivity contribution in [2.24, 2.45) is 0 Å². The minimum atomic E-state index is -0.356. The van der Waals surface area contributed by atoms with Crippen LogP contribution in [-0.2, 0) is 0 Å². The molecule has 1 N–H and O–H groups in total. The second-order valence-corrected chi connectivity index (χ2v) is 4.82. The van der Waals surface area contributed by atoms with E-state index in [0.29, 0.717) is 17.1 Å². The van der Waals surface area contributed by atoms with Crippen molar-refractivity contribution in [1.29, 1.82) is 0 Å². The highest BCUT2D eigenvalue weighted by molar-refractivity contribution is 5.47. The summed E-state index contributed by atoms with van der Waals surface area (Å²) in [6, 6.07) is 4.58. The summed E-state index contributed by atoms with van der Waals surface area (Å²) in [5.41, 5.74) is 1.39. The molecule has 114 valence electrons. The molecular formula is C16H20FNO3. The van der Waals surface area contributed by atoms with Crippen LogP contribution in [0, 0.1) is 19.7 Å². The van der Waals surface area contributed by atoms with E-state index in [1.807, 2.05) is 19.9 Å². The number of ether oxygens (including phenoxy) is 2. The number of nitrogens with one attached hydrogen (secondary N) is 1. The van der Waals surface area contributed by atoms with Gasteiger partial charge in [-0.05, 0) is 33.0 Å². The summed E-state index contributed by atoms with van der Waals surface area (Å²) in [6.45, 7) is 3.74. The third-order valence-electron chi connectivity index (χ3n) is 3.49. The van der Waals surface area contributed by atoms with Gasteiger partial charge in [0.15, 0.2) is 11.5 Å². The van der Waals surface area contributed by atoms with Crippen molar-refractivity contribution in [3.05, 3.63) is 46.7 Å². The number of benzene rings is 1. The fourth-order valence-electron chi connectivity index (χ4n) is 2.51. The molecule has 5 heteroatoms. The van der Waals surface area contributed by atoms with E-state index in [1.165, 1.54) is 20.3 Å². The third kappa shape index (κ3) is 2.88. The van der Waals surface area contributed by atoms with Gasteiger partial charge in [-0.1, -0.05) is 0 Å². The Labute approximate surface area is 123 Å². The van der Waals surface area contributed by atoms with Gasteiger partial charge in [-0.2, -0.15) is 0 Å². The van der Waals surface area contributed by atoms with Gasteiger partial charge in [0.25, 0.3) is 0 Å². The summed E-state index contributed by atoms with van der Waals surface area (Å²) in [5.74, 6) is 2.07. The predicted molar refractivity (Wildman–Crippen MR) is 78.6 cm³/mol. The van der Waals surface area contributed by atoms with E-state index >= 15 is 0 Å². The van der Waals surface area contributed by atoms with Crippen LogP contribution in [0.5, 0.6) is 11.5 Å². The van der Waals surface area contributed by atoms with Crippen LogP contribution >= 0.6 is 0 Å². The maximum atomic E-state index is 14.4. The Morgan fingerprint density at radius 1 is 1.05 bits per heavy atom. The molecule has 1 aromatic heterocycles. The third-order valence-corrected chi connectivity index (χ3v) is 3.49. The second kappa shape index (κ2) is 6.18. The number of methoxy groups -OCH3 is 2. The Morgan fingerprint density at radius 2 is 1.67 bits per heavy atom. The highest BCUT2D eigenvalue weighted by Crippen LogP contribution is 2.35. The van der Waals surface area contributed by atoms with Gasteiger partial charge in [-0.15, -0.1) is 0 Å². The zero-order valence-corrected chi connectivity index (χ0v) is 12.9. The molecule has 1 unspecified atom stereocenters. The van der Waals surface area contributed by atoms with Crippen molar-refractivity contribution in [2.75, 3.05) is 21.3 Å². The lowest BCUT2D eigenvalue weighted by atomic mass is 9.98. The van der Waals surface area contributed by atoms with E-state index < -0.39 is 0 Å². The highest BCUT2D eigenvalue weighted by Gasteiger charge is 2.23. The van der Waals surface area contributed by atoms with Crippen molar-refractivity contribution < 1.29 is 18.3 Å². The predicted octanol–water partition coefficient (Wildman–Crippen LogP) is 3.36. The molecule has 4 nitrogen and oxygen atoms in total. The summed E-state index contributed by atoms with van der Waals surface area (Å²) < 4.78 is 30.3. The Hall–Kier alpha value is -2.01. The minimum Gasteiger partial charge on any atom is -0.493 e. The zero-order chi connectivity index (χ0) is 15.6. The first kappa shape index (κ1) is 15.4. The fraction of sp³-hybridized carbons (Fsp3) is 0.375. The average Bonchev–Trinajstić information content (AvgIpc) is 2.79. The van der Waals surface area contributed by atoms with E-state index in [2.05, 4.69) is 5.32 Å². The van der Waals surface area contributed by atoms with Crippen LogP contribution in [0.15, 0.2) is 22.6 Å². The molecule has 0 aliphatic carbocycles. The lowest BCUT2D eigenvalue weighted by Crippen LogP contribution is -2.19. The van der Waals surface area contributed by atoms with Crippen molar-refractivity contribution in [1.82, 2.24) is 5.32 Å². The molecule has 0 saturated carbocycles. The van der Waals surface area contributed by atoms with E-state index in [-0.39, 0.29) is 11.9 Å². The van der Waals surface area contributed by atoms with Crippen LogP contribution in [0.2, 0.25) is 0 Å². The van der Waals surface area contributed by atoms with Gasteiger partial charge in [0.2, 0.25) is 0 Å². The van der Waals surface area contributed by atoms with Crippen molar-refractivity contribution >= 4 is 0 Å². The zero-order valence-electron chi connectivity index (χ0n) is 12.9. The Balaban J connectivity index is 2.54. The van der Waals surface area contributed by atoms with Crippen LogP contribution in [0.1, 0.15) is 28.7 Å².